The molecule has 22 heavy (non-hydrogen) atoms. The molecule has 2 rings (SSSR count). The van der Waals surface area contributed by atoms with Crippen molar-refractivity contribution in [2.75, 3.05) is 25.1 Å². The Morgan fingerprint density at radius 2 is 1.73 bits per heavy atom. The van der Waals surface area contributed by atoms with Gasteiger partial charge in [0.05, 0.1) is 6.61 Å². The lowest BCUT2D eigenvalue weighted by atomic mass is 10.2. The van der Waals surface area contributed by atoms with Gasteiger partial charge in [0, 0.05) is 22.3 Å². The molecule has 0 fully saturated rings. The smallest absolute Gasteiger partial charge is 0.255 e. The highest BCUT2D eigenvalue weighted by molar-refractivity contribution is 9.10. The van der Waals surface area contributed by atoms with E-state index in [1.165, 1.54) is 0 Å². The number of hydrogen-bond acceptors (Lipinski definition) is 3. The van der Waals surface area contributed by atoms with E-state index in [0.717, 1.165) is 15.9 Å². The molecular weight excluding hydrogens is 346 g/mol. The summed E-state index contributed by atoms with van der Waals surface area (Å²) in [4.78, 5) is 12.1. The molecule has 0 unspecified atom stereocenters. The van der Waals surface area contributed by atoms with Crippen LogP contribution in [0.5, 0.6) is 5.75 Å². The molecule has 0 saturated carbocycles. The minimum atomic E-state index is -0.141. The van der Waals surface area contributed by atoms with Crippen molar-refractivity contribution in [1.29, 1.82) is 0 Å². The number of carbonyl (C=O) groups is 1. The first kappa shape index (κ1) is 16.5. The van der Waals surface area contributed by atoms with Gasteiger partial charge in [-0.15, -0.1) is 0 Å². The zero-order chi connectivity index (χ0) is 15.8. The summed E-state index contributed by atoms with van der Waals surface area (Å²) in [6.45, 7) is 3.71. The van der Waals surface area contributed by atoms with Crippen molar-refractivity contribution in [3.8, 4) is 5.75 Å². The second-order valence-electron chi connectivity index (χ2n) is 4.53. The highest BCUT2D eigenvalue weighted by atomic mass is 79.9. The molecule has 0 aliphatic heterocycles. The molecule has 0 aliphatic rings. The van der Waals surface area contributed by atoms with Crippen LogP contribution in [0.2, 0.25) is 0 Å². The molecule has 0 spiro atoms. The highest BCUT2D eigenvalue weighted by Gasteiger charge is 2.05. The number of benzene rings is 2. The first-order chi connectivity index (χ1) is 10.7. The fourth-order valence-corrected chi connectivity index (χ4v) is 2.07. The van der Waals surface area contributed by atoms with Gasteiger partial charge in [-0.25, -0.2) is 0 Å². The predicted octanol–water partition coefficient (Wildman–Crippen LogP) is 4.12. The van der Waals surface area contributed by atoms with Gasteiger partial charge in [0.25, 0.3) is 5.91 Å². The number of halogens is 1. The number of amides is 1. The Kier molecular flexibility index (Phi) is 6.43. The molecule has 1 N–H and O–H groups in total. The van der Waals surface area contributed by atoms with Crippen LogP contribution < -0.4 is 10.1 Å². The maximum atomic E-state index is 12.1. The van der Waals surface area contributed by atoms with Crippen molar-refractivity contribution in [1.82, 2.24) is 0 Å². The predicted molar refractivity (Wildman–Crippen MR) is 90.5 cm³/mol. The average molecular weight is 364 g/mol. The van der Waals surface area contributed by atoms with E-state index in [4.69, 9.17) is 9.47 Å². The van der Waals surface area contributed by atoms with Gasteiger partial charge < -0.3 is 14.8 Å². The summed E-state index contributed by atoms with van der Waals surface area (Å²) >= 11 is 3.35. The van der Waals surface area contributed by atoms with E-state index in [0.29, 0.717) is 25.4 Å². The van der Waals surface area contributed by atoms with E-state index in [-0.39, 0.29) is 5.91 Å². The SMILES string of the molecule is CCOCCOc1ccc(NC(=O)c2ccc(Br)cc2)cc1. The molecule has 116 valence electrons. The lowest BCUT2D eigenvalue weighted by Crippen LogP contribution is -2.11. The molecule has 4 nitrogen and oxygen atoms in total. The van der Waals surface area contributed by atoms with E-state index in [1.807, 2.05) is 43.3 Å². The van der Waals surface area contributed by atoms with Crippen molar-refractivity contribution in [3.63, 3.8) is 0 Å². The Balaban J connectivity index is 1.88. The molecule has 0 atom stereocenters. The summed E-state index contributed by atoms with van der Waals surface area (Å²) in [5.74, 6) is 0.610. The van der Waals surface area contributed by atoms with Crippen LogP contribution in [-0.4, -0.2) is 25.7 Å². The zero-order valence-corrected chi connectivity index (χ0v) is 13.9. The van der Waals surface area contributed by atoms with Gasteiger partial charge in [0.1, 0.15) is 12.4 Å². The standard InChI is InChI=1S/C17H18BrNO3/c1-2-21-11-12-22-16-9-7-15(8-10-16)19-17(20)13-3-5-14(18)6-4-13/h3-10H,2,11-12H2,1H3,(H,19,20). The molecule has 5 heteroatoms. The van der Waals surface area contributed by atoms with Crippen LogP contribution in [0.3, 0.4) is 0 Å². The molecule has 0 saturated heterocycles. The lowest BCUT2D eigenvalue weighted by Gasteiger charge is -2.08. The van der Waals surface area contributed by atoms with Crippen molar-refractivity contribution < 1.29 is 14.3 Å². The summed E-state index contributed by atoms with van der Waals surface area (Å²) in [6, 6.07) is 14.5. The van der Waals surface area contributed by atoms with Gasteiger partial charge in [0.2, 0.25) is 0 Å². The molecule has 0 aliphatic carbocycles. The van der Waals surface area contributed by atoms with E-state index < -0.39 is 0 Å². The second-order valence-corrected chi connectivity index (χ2v) is 5.45. The van der Waals surface area contributed by atoms with Crippen molar-refractivity contribution in [3.05, 3.63) is 58.6 Å². The maximum Gasteiger partial charge on any atom is 0.255 e. The average Bonchev–Trinajstić information content (AvgIpc) is 2.54. The van der Waals surface area contributed by atoms with E-state index >= 15 is 0 Å². The third-order valence-corrected chi connectivity index (χ3v) is 3.45. The summed E-state index contributed by atoms with van der Waals surface area (Å²) < 4.78 is 11.7. The minimum Gasteiger partial charge on any atom is -0.491 e. The molecule has 2 aromatic carbocycles. The van der Waals surface area contributed by atoms with Crippen LogP contribution in [0.25, 0.3) is 0 Å². The highest BCUT2D eigenvalue weighted by Crippen LogP contribution is 2.17. The Bertz CT molecular complexity index is 596. The van der Waals surface area contributed by atoms with Gasteiger partial charge in [-0.3, -0.25) is 4.79 Å². The van der Waals surface area contributed by atoms with Crippen LogP contribution in [-0.2, 0) is 4.74 Å². The van der Waals surface area contributed by atoms with E-state index in [1.54, 1.807) is 12.1 Å². The largest absolute Gasteiger partial charge is 0.491 e. The molecule has 2 aromatic rings. The number of rotatable bonds is 7. The molecule has 0 radical (unpaired) electrons. The Labute approximate surface area is 138 Å². The number of carbonyl (C=O) groups excluding carboxylic acids is 1. The quantitative estimate of drug-likeness (QED) is 0.752. The summed E-state index contributed by atoms with van der Waals surface area (Å²) in [7, 11) is 0. The van der Waals surface area contributed by atoms with Crippen molar-refractivity contribution in [2.45, 2.75) is 6.92 Å². The first-order valence-corrected chi connectivity index (χ1v) is 7.86. The molecule has 1 amide bonds. The molecular formula is C17H18BrNO3. The third kappa shape index (κ3) is 5.16. The second kappa shape index (κ2) is 8.56. The lowest BCUT2D eigenvalue weighted by molar-refractivity contribution is 0.102. The minimum absolute atomic E-state index is 0.141. The van der Waals surface area contributed by atoms with Crippen molar-refractivity contribution in [2.24, 2.45) is 0 Å². The van der Waals surface area contributed by atoms with Crippen molar-refractivity contribution >= 4 is 27.5 Å². The molecule has 0 aromatic heterocycles. The summed E-state index contributed by atoms with van der Waals surface area (Å²) in [5, 5.41) is 2.85. The fraction of sp³-hybridized carbons (Fsp3) is 0.235. The number of anilines is 1. The topological polar surface area (TPSA) is 47.6 Å². The van der Waals surface area contributed by atoms with E-state index in [9.17, 15) is 4.79 Å². The van der Waals surface area contributed by atoms with Crippen LogP contribution in [0.15, 0.2) is 53.0 Å². The Morgan fingerprint density at radius 1 is 1.05 bits per heavy atom. The van der Waals surface area contributed by atoms with E-state index in [2.05, 4.69) is 21.2 Å². The molecule has 0 heterocycles. The van der Waals surface area contributed by atoms with Crippen LogP contribution >= 0.6 is 15.9 Å². The van der Waals surface area contributed by atoms with Crippen LogP contribution in [0.4, 0.5) is 5.69 Å². The fourth-order valence-electron chi connectivity index (χ4n) is 1.80. The summed E-state index contributed by atoms with van der Waals surface area (Å²) in [6.07, 6.45) is 0. The maximum absolute atomic E-state index is 12.1. The van der Waals surface area contributed by atoms with Gasteiger partial charge in [-0.05, 0) is 55.5 Å². The van der Waals surface area contributed by atoms with Gasteiger partial charge in [0.15, 0.2) is 0 Å². The molecule has 0 bridgehead atoms. The Hall–Kier alpha value is -1.85. The normalized spacial score (nSPS) is 10.3. The van der Waals surface area contributed by atoms with Crippen LogP contribution in [0, 0.1) is 0 Å². The third-order valence-electron chi connectivity index (χ3n) is 2.92. The number of nitrogens with one attached hydrogen (secondary N) is 1. The van der Waals surface area contributed by atoms with Gasteiger partial charge in [-0.2, -0.15) is 0 Å². The van der Waals surface area contributed by atoms with Gasteiger partial charge in [-0.1, -0.05) is 15.9 Å². The number of hydrogen-bond donors (Lipinski definition) is 1. The van der Waals surface area contributed by atoms with Gasteiger partial charge >= 0.3 is 0 Å². The zero-order valence-electron chi connectivity index (χ0n) is 12.3. The number of ether oxygens (including phenoxy) is 2. The van der Waals surface area contributed by atoms with Crippen LogP contribution in [0.1, 0.15) is 17.3 Å². The Morgan fingerprint density at radius 3 is 2.36 bits per heavy atom. The first-order valence-electron chi connectivity index (χ1n) is 7.06. The summed E-state index contributed by atoms with van der Waals surface area (Å²) in [5.41, 5.74) is 1.34. The monoisotopic (exact) mass is 363 g/mol.